The first kappa shape index (κ1) is 15.1. The van der Waals surface area contributed by atoms with Crippen LogP contribution in [0.15, 0.2) is 32.0 Å². The summed E-state index contributed by atoms with van der Waals surface area (Å²) in [6, 6.07) is 4.80. The molecule has 0 heterocycles. The van der Waals surface area contributed by atoms with Gasteiger partial charge in [-0.1, -0.05) is 22.9 Å². The molecule has 0 saturated heterocycles. The minimum Gasteiger partial charge on any atom is -0.392 e. The second kappa shape index (κ2) is 6.29. The van der Waals surface area contributed by atoms with Crippen molar-refractivity contribution in [3.05, 3.63) is 27.1 Å². The summed E-state index contributed by atoms with van der Waals surface area (Å²) in [7, 11) is -3.59. The third-order valence-corrected chi connectivity index (χ3v) is 5.06. The fourth-order valence-electron chi connectivity index (χ4n) is 1.12. The molecule has 4 nitrogen and oxygen atoms in total. The van der Waals surface area contributed by atoms with E-state index >= 15 is 0 Å². The number of hydrogen-bond donors (Lipinski definition) is 2. The van der Waals surface area contributed by atoms with E-state index in [0.29, 0.717) is 10.9 Å². The van der Waals surface area contributed by atoms with Gasteiger partial charge in [0.25, 0.3) is 0 Å². The van der Waals surface area contributed by atoms with Crippen LogP contribution in [0.25, 0.3) is 0 Å². The van der Waals surface area contributed by atoms with Crippen LogP contribution in [0, 0.1) is 0 Å². The third-order valence-electron chi connectivity index (χ3n) is 2.16. The van der Waals surface area contributed by atoms with Crippen LogP contribution in [0.5, 0.6) is 0 Å². The van der Waals surface area contributed by atoms with Crippen molar-refractivity contribution in [3.63, 3.8) is 0 Å². The van der Waals surface area contributed by atoms with Gasteiger partial charge in [0.2, 0.25) is 10.0 Å². The van der Waals surface area contributed by atoms with Gasteiger partial charge in [-0.25, -0.2) is 13.1 Å². The number of aliphatic hydroxyl groups excluding tert-OH is 1. The average Bonchev–Trinajstić information content (AvgIpc) is 2.25. The van der Waals surface area contributed by atoms with Crippen LogP contribution >= 0.6 is 31.9 Å². The van der Waals surface area contributed by atoms with Gasteiger partial charge in [0.05, 0.1) is 11.0 Å². The number of aliphatic hydroxyl groups is 1. The van der Waals surface area contributed by atoms with Gasteiger partial charge in [-0.2, -0.15) is 0 Å². The van der Waals surface area contributed by atoms with Crippen molar-refractivity contribution in [3.8, 4) is 0 Å². The van der Waals surface area contributed by atoms with E-state index < -0.39 is 16.1 Å². The van der Waals surface area contributed by atoms with Gasteiger partial charge in [0.15, 0.2) is 0 Å². The highest BCUT2D eigenvalue weighted by molar-refractivity contribution is 9.11. The van der Waals surface area contributed by atoms with Crippen LogP contribution < -0.4 is 4.72 Å². The summed E-state index contributed by atoms with van der Waals surface area (Å²) in [5.41, 5.74) is 0. The monoisotopic (exact) mass is 385 g/mol. The molecule has 0 saturated carbocycles. The predicted molar refractivity (Wildman–Crippen MR) is 73.3 cm³/mol. The molecular formula is C10H13Br2NO3S. The molecular weight excluding hydrogens is 374 g/mol. The fraction of sp³-hybridized carbons (Fsp3) is 0.400. The maximum atomic E-state index is 11.9. The summed E-state index contributed by atoms with van der Waals surface area (Å²) < 4.78 is 27.5. The Kier molecular flexibility index (Phi) is 5.59. The van der Waals surface area contributed by atoms with E-state index in [1.807, 2.05) is 0 Å². The Morgan fingerprint density at radius 2 is 2.06 bits per heavy atom. The maximum absolute atomic E-state index is 11.9. The van der Waals surface area contributed by atoms with E-state index in [9.17, 15) is 13.5 Å². The number of sulfonamides is 1. The van der Waals surface area contributed by atoms with E-state index in [1.165, 1.54) is 6.07 Å². The quantitative estimate of drug-likeness (QED) is 0.815. The van der Waals surface area contributed by atoms with Gasteiger partial charge in [-0.3, -0.25) is 0 Å². The van der Waals surface area contributed by atoms with Crippen molar-refractivity contribution in [2.75, 3.05) is 6.54 Å². The van der Waals surface area contributed by atoms with Gasteiger partial charge in [-0.05, 0) is 40.5 Å². The van der Waals surface area contributed by atoms with Crippen molar-refractivity contribution in [1.82, 2.24) is 4.72 Å². The zero-order chi connectivity index (χ0) is 13.1. The second-order valence-corrected chi connectivity index (χ2v) is 6.99. The Labute approximate surface area is 118 Å². The van der Waals surface area contributed by atoms with Gasteiger partial charge >= 0.3 is 0 Å². The summed E-state index contributed by atoms with van der Waals surface area (Å²) in [6.45, 7) is 1.80. The first-order valence-corrected chi connectivity index (χ1v) is 8.06. The molecule has 0 aliphatic rings. The van der Waals surface area contributed by atoms with Crippen LogP contribution in [0.1, 0.15) is 13.3 Å². The van der Waals surface area contributed by atoms with Gasteiger partial charge in [-0.15, -0.1) is 0 Å². The Morgan fingerprint density at radius 3 is 2.59 bits per heavy atom. The summed E-state index contributed by atoms with van der Waals surface area (Å²) in [5.74, 6) is 0. The molecule has 0 fully saturated rings. The van der Waals surface area contributed by atoms with E-state index in [4.69, 9.17) is 0 Å². The molecule has 0 aliphatic carbocycles. The molecule has 1 atom stereocenters. The molecule has 2 N–H and O–H groups in total. The molecule has 1 rings (SSSR count). The maximum Gasteiger partial charge on any atom is 0.241 e. The van der Waals surface area contributed by atoms with Crippen LogP contribution in [0.2, 0.25) is 0 Å². The Morgan fingerprint density at radius 1 is 1.41 bits per heavy atom. The second-order valence-electron chi connectivity index (χ2n) is 3.49. The number of hydrogen-bond acceptors (Lipinski definition) is 3. The van der Waals surface area contributed by atoms with Crippen LogP contribution in [0.3, 0.4) is 0 Å². The van der Waals surface area contributed by atoms with Crippen molar-refractivity contribution >= 4 is 41.9 Å². The molecule has 1 unspecified atom stereocenters. The molecule has 0 aliphatic heterocycles. The summed E-state index contributed by atoms with van der Waals surface area (Å²) >= 11 is 6.45. The molecule has 7 heteroatoms. The van der Waals surface area contributed by atoms with Crippen molar-refractivity contribution in [2.24, 2.45) is 0 Å². The van der Waals surface area contributed by atoms with Crippen LogP contribution in [0.4, 0.5) is 0 Å². The highest BCUT2D eigenvalue weighted by atomic mass is 79.9. The number of nitrogens with one attached hydrogen (secondary N) is 1. The molecule has 17 heavy (non-hydrogen) atoms. The molecule has 0 aromatic heterocycles. The van der Waals surface area contributed by atoms with Crippen molar-refractivity contribution in [1.29, 1.82) is 0 Å². The first-order valence-electron chi connectivity index (χ1n) is 4.99. The van der Waals surface area contributed by atoms with Crippen molar-refractivity contribution in [2.45, 2.75) is 24.3 Å². The smallest absolute Gasteiger partial charge is 0.241 e. The average molecular weight is 387 g/mol. The lowest BCUT2D eigenvalue weighted by atomic mass is 10.3. The minimum absolute atomic E-state index is 0.0152. The number of rotatable bonds is 5. The summed E-state index contributed by atoms with van der Waals surface area (Å²) in [4.78, 5) is 0.156. The molecule has 96 valence electrons. The SMILES string of the molecule is CCC(O)CNS(=O)(=O)c1ccc(Br)cc1Br. The number of benzene rings is 1. The standard InChI is InChI=1S/C10H13Br2NO3S/c1-2-8(14)6-13-17(15,16)10-4-3-7(11)5-9(10)12/h3-5,8,13-14H,2,6H2,1H3. The lowest BCUT2D eigenvalue weighted by Crippen LogP contribution is -2.31. The highest BCUT2D eigenvalue weighted by Gasteiger charge is 2.18. The van der Waals surface area contributed by atoms with Crippen molar-refractivity contribution < 1.29 is 13.5 Å². The van der Waals surface area contributed by atoms with Gasteiger partial charge < -0.3 is 5.11 Å². The lowest BCUT2D eigenvalue weighted by Gasteiger charge is -2.11. The molecule has 0 radical (unpaired) electrons. The van der Waals surface area contributed by atoms with Crippen LogP contribution in [-0.2, 0) is 10.0 Å². The molecule has 1 aromatic rings. The van der Waals surface area contributed by atoms with E-state index in [-0.39, 0.29) is 11.4 Å². The van der Waals surface area contributed by atoms with Crippen LogP contribution in [-0.4, -0.2) is 26.2 Å². The normalized spacial score (nSPS) is 13.6. The topological polar surface area (TPSA) is 66.4 Å². The fourth-order valence-corrected chi connectivity index (χ4v) is 3.94. The lowest BCUT2D eigenvalue weighted by molar-refractivity contribution is 0.174. The first-order chi connectivity index (χ1) is 7.86. The molecule has 0 amide bonds. The third kappa shape index (κ3) is 4.33. The highest BCUT2D eigenvalue weighted by Crippen LogP contribution is 2.25. The van der Waals surface area contributed by atoms with Gasteiger partial charge in [0, 0.05) is 15.5 Å². The zero-order valence-corrected chi connectivity index (χ0v) is 13.1. The minimum atomic E-state index is -3.59. The molecule has 1 aromatic carbocycles. The Hall–Kier alpha value is 0.0500. The summed E-state index contributed by atoms with van der Waals surface area (Å²) in [5, 5.41) is 9.34. The molecule has 0 spiro atoms. The van der Waals surface area contributed by atoms with E-state index in [0.717, 1.165) is 4.47 Å². The largest absolute Gasteiger partial charge is 0.392 e. The Bertz CT molecular complexity index is 490. The van der Waals surface area contributed by atoms with E-state index in [2.05, 4.69) is 36.6 Å². The van der Waals surface area contributed by atoms with E-state index in [1.54, 1.807) is 19.1 Å². The predicted octanol–water partition coefficient (Wildman–Crippen LogP) is 2.26. The number of halogens is 2. The molecule has 0 bridgehead atoms. The zero-order valence-electron chi connectivity index (χ0n) is 9.15. The summed E-state index contributed by atoms with van der Waals surface area (Å²) in [6.07, 6.45) is -0.164. The Balaban J connectivity index is 2.90. The van der Waals surface area contributed by atoms with Gasteiger partial charge in [0.1, 0.15) is 0 Å².